The zero-order chi connectivity index (χ0) is 26.9. The number of hydrogen-bond acceptors (Lipinski definition) is 5. The molecule has 0 saturated carbocycles. The van der Waals surface area contributed by atoms with Crippen LogP contribution in [0.4, 0.5) is 38.5 Å². The first-order valence-electron chi connectivity index (χ1n) is 10.7. The van der Waals surface area contributed by atoms with Gasteiger partial charge in [0, 0.05) is 18.1 Å². The fraction of sp³-hybridized carbons (Fsp3) is 0.217. The summed E-state index contributed by atoms with van der Waals surface area (Å²) in [6.07, 6.45) is -3.94. The Morgan fingerprint density at radius 2 is 1.81 bits per heavy atom. The topological polar surface area (TPSA) is 142 Å². The number of carbonyl (C=O) groups is 3. The van der Waals surface area contributed by atoms with Gasteiger partial charge in [0.05, 0.1) is 28.9 Å². The van der Waals surface area contributed by atoms with Gasteiger partial charge in [0.25, 0.3) is 0 Å². The van der Waals surface area contributed by atoms with Crippen molar-refractivity contribution in [3.63, 3.8) is 0 Å². The molecule has 0 unspecified atom stereocenters. The summed E-state index contributed by atoms with van der Waals surface area (Å²) in [7, 11) is 0. The van der Waals surface area contributed by atoms with Crippen molar-refractivity contribution >= 4 is 40.2 Å². The number of nitrogens with zero attached hydrogens (tertiary/aromatic N) is 3. The first-order valence-corrected chi connectivity index (χ1v) is 10.7. The number of alkyl halides is 3. The van der Waals surface area contributed by atoms with Crippen molar-refractivity contribution in [3.05, 3.63) is 54.5 Å². The number of urea groups is 1. The molecule has 4 amide bonds. The number of rotatable bonds is 4. The van der Waals surface area contributed by atoms with Crippen molar-refractivity contribution in [2.24, 2.45) is 11.7 Å². The molecule has 1 saturated heterocycles. The normalized spacial score (nSPS) is 17.3. The number of hydrogen-bond donors (Lipinski definition) is 3. The fourth-order valence-electron chi connectivity index (χ4n) is 4.08. The van der Waals surface area contributed by atoms with Gasteiger partial charge < -0.3 is 26.0 Å². The number of nitrogens with one attached hydrogen (secondary N) is 2. The van der Waals surface area contributed by atoms with E-state index in [1.165, 1.54) is 6.20 Å². The molecule has 0 bridgehead atoms. The minimum atomic E-state index is -5.15. The van der Waals surface area contributed by atoms with Gasteiger partial charge in [-0.05, 0) is 24.6 Å². The van der Waals surface area contributed by atoms with E-state index in [-0.39, 0.29) is 18.7 Å². The van der Waals surface area contributed by atoms with E-state index >= 15 is 0 Å². The number of aromatic nitrogens is 1. The van der Waals surface area contributed by atoms with Crippen LogP contribution in [-0.4, -0.2) is 46.4 Å². The molecule has 0 spiro atoms. The second-order valence-electron chi connectivity index (χ2n) is 8.08. The Hall–Kier alpha value is -4.80. The molecule has 10 nitrogen and oxygen atoms in total. The molecule has 3 aromatic rings. The van der Waals surface area contributed by atoms with E-state index in [4.69, 9.17) is 5.73 Å². The quantitative estimate of drug-likeness (QED) is 0.448. The van der Waals surface area contributed by atoms with E-state index in [2.05, 4.69) is 15.4 Å². The number of amides is 4. The smallest absolute Gasteiger partial charge is 0.403 e. The van der Waals surface area contributed by atoms with Crippen molar-refractivity contribution in [2.75, 3.05) is 17.2 Å². The zero-order valence-corrected chi connectivity index (χ0v) is 18.8. The first kappa shape index (κ1) is 25.3. The number of halogens is 4. The van der Waals surface area contributed by atoms with Gasteiger partial charge in [-0.3, -0.25) is 9.36 Å². The van der Waals surface area contributed by atoms with Gasteiger partial charge in [-0.2, -0.15) is 5.26 Å². The molecule has 0 aliphatic carbocycles. The van der Waals surface area contributed by atoms with Crippen molar-refractivity contribution < 1.29 is 36.7 Å². The van der Waals surface area contributed by atoms with Crippen LogP contribution in [0.2, 0.25) is 0 Å². The van der Waals surface area contributed by atoms with Crippen molar-refractivity contribution in [1.82, 2.24) is 9.47 Å². The summed E-state index contributed by atoms with van der Waals surface area (Å²) in [6, 6.07) is 8.53. The SMILES string of the molecule is N#C[C@H]1C[C@@H](C(=O)Nc2cccc(OC(F)(F)F)c2F)N(C(=O)Nc2cn(C(N)=O)c3ccccc23)C1. The van der Waals surface area contributed by atoms with E-state index in [0.717, 1.165) is 27.7 Å². The average Bonchev–Trinajstić information content (AvgIpc) is 3.43. The van der Waals surface area contributed by atoms with Crippen LogP contribution < -0.4 is 21.1 Å². The zero-order valence-electron chi connectivity index (χ0n) is 18.8. The number of benzene rings is 2. The lowest BCUT2D eigenvalue weighted by molar-refractivity contribution is -0.275. The molecule has 0 radical (unpaired) electrons. The molecule has 4 rings (SSSR count). The Kier molecular flexibility index (Phi) is 6.62. The molecule has 1 aliphatic rings. The summed E-state index contributed by atoms with van der Waals surface area (Å²) in [5.41, 5.74) is 5.42. The van der Waals surface area contributed by atoms with E-state index in [1.807, 2.05) is 6.07 Å². The van der Waals surface area contributed by atoms with Gasteiger partial charge in [0.15, 0.2) is 11.6 Å². The number of ether oxygens (including phenoxy) is 1. The lowest BCUT2D eigenvalue weighted by atomic mass is 10.1. The molecule has 1 aromatic heterocycles. The van der Waals surface area contributed by atoms with Crippen molar-refractivity contribution in [1.29, 1.82) is 5.26 Å². The summed E-state index contributed by atoms with van der Waals surface area (Å²) < 4.78 is 56.8. The van der Waals surface area contributed by atoms with Crippen LogP contribution in [0, 0.1) is 23.1 Å². The maximum atomic E-state index is 14.5. The highest BCUT2D eigenvalue weighted by Crippen LogP contribution is 2.32. The second-order valence-corrected chi connectivity index (χ2v) is 8.08. The number of fused-ring (bicyclic) bond motifs is 1. The Balaban J connectivity index is 1.57. The molecule has 192 valence electrons. The molecule has 1 fully saturated rings. The summed E-state index contributed by atoms with van der Waals surface area (Å²) in [6.45, 7) is -0.144. The second kappa shape index (κ2) is 9.69. The molecule has 2 aromatic carbocycles. The largest absolute Gasteiger partial charge is 0.573 e. The maximum Gasteiger partial charge on any atom is 0.573 e. The van der Waals surface area contributed by atoms with Gasteiger partial charge in [0.1, 0.15) is 6.04 Å². The standard InChI is InChI=1S/C23H18F4N6O4/c24-19-14(5-3-7-18(19)37-23(25,26)27)30-20(34)17-8-12(9-28)10-33(17)22(36)31-15-11-32(21(29)35)16-6-2-1-4-13(15)16/h1-7,11-12,17H,8,10H2,(H2,29,35)(H,30,34)(H,31,36)/t12-,17+/m1/s1. The number of nitriles is 1. The predicted molar refractivity (Wildman–Crippen MR) is 122 cm³/mol. The van der Waals surface area contributed by atoms with Crippen molar-refractivity contribution in [3.8, 4) is 11.8 Å². The number of anilines is 2. The lowest BCUT2D eigenvalue weighted by Crippen LogP contribution is -2.45. The maximum absolute atomic E-state index is 14.5. The molecular weight excluding hydrogens is 500 g/mol. The lowest BCUT2D eigenvalue weighted by Gasteiger charge is -2.24. The molecule has 4 N–H and O–H groups in total. The Morgan fingerprint density at radius 1 is 1.08 bits per heavy atom. The van der Waals surface area contributed by atoms with Crippen molar-refractivity contribution in [2.45, 2.75) is 18.8 Å². The highest BCUT2D eigenvalue weighted by molar-refractivity contribution is 6.06. The third kappa shape index (κ3) is 5.25. The summed E-state index contributed by atoms with van der Waals surface area (Å²) in [4.78, 5) is 38.9. The van der Waals surface area contributed by atoms with Crippen LogP contribution in [0.25, 0.3) is 10.9 Å². The highest BCUT2D eigenvalue weighted by atomic mass is 19.4. The molecule has 14 heteroatoms. The van der Waals surface area contributed by atoms with Gasteiger partial charge in [-0.25, -0.2) is 14.0 Å². The average molecular weight is 518 g/mol. The Morgan fingerprint density at radius 3 is 2.49 bits per heavy atom. The minimum Gasteiger partial charge on any atom is -0.403 e. The number of nitrogens with two attached hydrogens (primary N) is 1. The molecule has 2 heterocycles. The summed E-state index contributed by atoms with van der Waals surface area (Å²) >= 11 is 0. The predicted octanol–water partition coefficient (Wildman–Crippen LogP) is 3.99. The molecule has 1 aliphatic heterocycles. The van der Waals surface area contributed by atoms with Crippen LogP contribution in [-0.2, 0) is 4.79 Å². The van der Waals surface area contributed by atoms with Crippen LogP contribution in [0.15, 0.2) is 48.7 Å². The minimum absolute atomic E-state index is 0.0981. The number of likely N-dealkylation sites (tertiary alicyclic amines) is 1. The monoisotopic (exact) mass is 518 g/mol. The van der Waals surface area contributed by atoms with E-state index < -0.39 is 53.5 Å². The molecular formula is C23H18F4N6O4. The molecule has 37 heavy (non-hydrogen) atoms. The van der Waals surface area contributed by atoms with Gasteiger partial charge in [-0.1, -0.05) is 24.3 Å². The van der Waals surface area contributed by atoms with Gasteiger partial charge in [-0.15, -0.1) is 13.2 Å². The van der Waals surface area contributed by atoms with E-state index in [9.17, 15) is 37.2 Å². The van der Waals surface area contributed by atoms with E-state index in [0.29, 0.717) is 10.9 Å². The van der Waals surface area contributed by atoms with E-state index in [1.54, 1.807) is 24.3 Å². The van der Waals surface area contributed by atoms with Gasteiger partial charge >= 0.3 is 18.4 Å². The third-order valence-corrected chi connectivity index (χ3v) is 5.69. The van der Waals surface area contributed by atoms with Crippen LogP contribution in [0.5, 0.6) is 5.75 Å². The summed E-state index contributed by atoms with van der Waals surface area (Å²) in [5.74, 6) is -4.26. The Bertz CT molecular complexity index is 1430. The third-order valence-electron chi connectivity index (χ3n) is 5.69. The van der Waals surface area contributed by atoms with Crippen LogP contribution in [0.1, 0.15) is 6.42 Å². The van der Waals surface area contributed by atoms with Gasteiger partial charge in [0.2, 0.25) is 5.91 Å². The van der Waals surface area contributed by atoms with Crippen LogP contribution in [0.3, 0.4) is 0 Å². The number of carbonyl (C=O) groups excluding carboxylic acids is 3. The fourth-order valence-corrected chi connectivity index (χ4v) is 4.08. The first-order chi connectivity index (χ1) is 17.5. The van der Waals surface area contributed by atoms with Crippen LogP contribution >= 0.6 is 0 Å². The summed E-state index contributed by atoms with van der Waals surface area (Å²) in [5, 5.41) is 14.6. The Labute approximate surface area is 206 Å². The number of para-hydroxylation sites is 1. The highest BCUT2D eigenvalue weighted by Gasteiger charge is 2.40. The molecule has 2 atom stereocenters. The number of primary amides is 1.